The second kappa shape index (κ2) is 3.02. The lowest BCUT2D eigenvalue weighted by molar-refractivity contribution is 0.0879. The summed E-state index contributed by atoms with van der Waals surface area (Å²) in [5.41, 5.74) is 0. The van der Waals surface area contributed by atoms with Gasteiger partial charge < -0.3 is 4.74 Å². The molecular weight excluding hydrogens is 148 g/mol. The Morgan fingerprint density at radius 3 is 2.42 bits per heavy atom. The smallest absolute Gasteiger partial charge is 0.0493 e. The molecule has 12 heavy (non-hydrogen) atoms. The zero-order valence-electron chi connectivity index (χ0n) is 8.42. The fourth-order valence-corrected chi connectivity index (χ4v) is 3.50. The molecule has 2 aliphatic rings. The number of rotatable bonds is 2. The van der Waals surface area contributed by atoms with Crippen LogP contribution in [0.4, 0.5) is 0 Å². The van der Waals surface area contributed by atoms with E-state index >= 15 is 0 Å². The van der Waals surface area contributed by atoms with Crippen LogP contribution in [0.15, 0.2) is 0 Å². The Hall–Kier alpha value is -0.0400. The van der Waals surface area contributed by atoms with Crippen LogP contribution in [-0.4, -0.2) is 13.7 Å². The van der Waals surface area contributed by atoms with E-state index in [9.17, 15) is 0 Å². The third-order valence-electron chi connectivity index (χ3n) is 4.41. The van der Waals surface area contributed by atoms with Gasteiger partial charge in [-0.05, 0) is 42.4 Å². The van der Waals surface area contributed by atoms with Gasteiger partial charge in [0.05, 0.1) is 0 Å². The fourth-order valence-electron chi connectivity index (χ4n) is 3.50. The topological polar surface area (TPSA) is 9.23 Å². The van der Waals surface area contributed by atoms with E-state index in [1.807, 2.05) is 7.11 Å². The van der Waals surface area contributed by atoms with Crippen molar-refractivity contribution in [3.05, 3.63) is 0 Å². The van der Waals surface area contributed by atoms with E-state index in [-0.39, 0.29) is 0 Å². The molecular formula is C11H20O. The van der Waals surface area contributed by atoms with Crippen LogP contribution in [-0.2, 0) is 4.74 Å². The summed E-state index contributed by atoms with van der Waals surface area (Å²) in [5, 5.41) is 0. The van der Waals surface area contributed by atoms with Crippen molar-refractivity contribution in [2.24, 2.45) is 29.6 Å². The molecule has 0 aromatic carbocycles. The lowest BCUT2D eigenvalue weighted by Gasteiger charge is -2.31. The van der Waals surface area contributed by atoms with E-state index in [1.54, 1.807) is 0 Å². The van der Waals surface area contributed by atoms with Crippen LogP contribution in [0.1, 0.15) is 26.7 Å². The highest BCUT2D eigenvalue weighted by atomic mass is 16.5. The molecule has 0 spiro atoms. The number of hydrogen-bond donors (Lipinski definition) is 0. The van der Waals surface area contributed by atoms with Gasteiger partial charge in [-0.3, -0.25) is 0 Å². The van der Waals surface area contributed by atoms with Crippen molar-refractivity contribution in [2.75, 3.05) is 13.7 Å². The van der Waals surface area contributed by atoms with Crippen molar-refractivity contribution in [1.82, 2.24) is 0 Å². The monoisotopic (exact) mass is 168 g/mol. The summed E-state index contributed by atoms with van der Waals surface area (Å²) >= 11 is 0. The van der Waals surface area contributed by atoms with E-state index in [4.69, 9.17) is 4.74 Å². The molecule has 2 aliphatic carbocycles. The van der Waals surface area contributed by atoms with E-state index in [0.29, 0.717) is 0 Å². The SMILES string of the molecule is COCC1CC2CC1C(C)C2C. The number of methoxy groups -OCH3 is 1. The summed E-state index contributed by atoms with van der Waals surface area (Å²) in [7, 11) is 1.83. The third-order valence-corrected chi connectivity index (χ3v) is 4.41. The van der Waals surface area contributed by atoms with E-state index in [1.165, 1.54) is 12.8 Å². The predicted octanol–water partition coefficient (Wildman–Crippen LogP) is 2.56. The Bertz CT molecular complexity index is 164. The molecule has 70 valence electrons. The van der Waals surface area contributed by atoms with Crippen LogP contribution in [0.5, 0.6) is 0 Å². The molecule has 0 amide bonds. The first-order chi connectivity index (χ1) is 5.74. The summed E-state index contributed by atoms with van der Waals surface area (Å²) in [5.74, 6) is 4.80. The van der Waals surface area contributed by atoms with Crippen LogP contribution < -0.4 is 0 Å². The Labute approximate surface area is 75.5 Å². The van der Waals surface area contributed by atoms with Crippen molar-refractivity contribution in [3.8, 4) is 0 Å². The third kappa shape index (κ3) is 1.10. The molecule has 0 aromatic heterocycles. The molecule has 5 unspecified atom stereocenters. The van der Waals surface area contributed by atoms with Gasteiger partial charge in [0.25, 0.3) is 0 Å². The van der Waals surface area contributed by atoms with Crippen molar-refractivity contribution >= 4 is 0 Å². The molecule has 2 fully saturated rings. The van der Waals surface area contributed by atoms with Gasteiger partial charge in [-0.1, -0.05) is 13.8 Å². The quantitative estimate of drug-likeness (QED) is 0.615. The molecule has 2 bridgehead atoms. The van der Waals surface area contributed by atoms with Crippen LogP contribution in [0.3, 0.4) is 0 Å². The molecule has 1 heteroatoms. The van der Waals surface area contributed by atoms with Gasteiger partial charge in [-0.2, -0.15) is 0 Å². The first kappa shape index (κ1) is 8.55. The highest BCUT2D eigenvalue weighted by Crippen LogP contribution is 2.54. The molecule has 5 atom stereocenters. The lowest BCUT2D eigenvalue weighted by atomic mass is 9.76. The van der Waals surface area contributed by atoms with Gasteiger partial charge in [0, 0.05) is 13.7 Å². The zero-order valence-corrected chi connectivity index (χ0v) is 8.42. The summed E-state index contributed by atoms with van der Waals surface area (Å²) in [6.07, 6.45) is 2.92. The van der Waals surface area contributed by atoms with E-state index in [0.717, 1.165) is 36.2 Å². The van der Waals surface area contributed by atoms with Gasteiger partial charge in [0.1, 0.15) is 0 Å². The largest absolute Gasteiger partial charge is 0.384 e. The summed E-state index contributed by atoms with van der Waals surface area (Å²) in [4.78, 5) is 0. The highest BCUT2D eigenvalue weighted by molar-refractivity contribution is 4.97. The standard InChI is InChI=1S/C11H20O/c1-7-8(2)11-5-9(7)4-10(11)6-12-3/h7-11H,4-6H2,1-3H3. The first-order valence-corrected chi connectivity index (χ1v) is 5.23. The molecule has 0 aromatic rings. The number of fused-ring (bicyclic) bond motifs is 2. The molecule has 0 radical (unpaired) electrons. The number of hydrogen-bond acceptors (Lipinski definition) is 1. The maximum Gasteiger partial charge on any atom is 0.0493 e. The molecule has 0 saturated heterocycles. The van der Waals surface area contributed by atoms with Crippen LogP contribution >= 0.6 is 0 Å². The minimum atomic E-state index is 0.881. The van der Waals surface area contributed by atoms with Gasteiger partial charge >= 0.3 is 0 Å². The summed E-state index contributed by atoms with van der Waals surface area (Å²) < 4.78 is 5.26. The molecule has 0 heterocycles. The molecule has 1 nitrogen and oxygen atoms in total. The minimum Gasteiger partial charge on any atom is -0.384 e. The minimum absolute atomic E-state index is 0.881. The van der Waals surface area contributed by atoms with Gasteiger partial charge in [-0.15, -0.1) is 0 Å². The van der Waals surface area contributed by atoms with Crippen LogP contribution in [0, 0.1) is 29.6 Å². The number of ether oxygens (including phenoxy) is 1. The maximum absolute atomic E-state index is 5.26. The van der Waals surface area contributed by atoms with Crippen molar-refractivity contribution < 1.29 is 4.74 Å². The maximum atomic E-state index is 5.26. The predicted molar refractivity (Wildman–Crippen MR) is 49.9 cm³/mol. The average molecular weight is 168 g/mol. The average Bonchev–Trinajstić information content (AvgIpc) is 2.55. The summed E-state index contributed by atoms with van der Waals surface area (Å²) in [6, 6.07) is 0. The van der Waals surface area contributed by atoms with Crippen molar-refractivity contribution in [2.45, 2.75) is 26.7 Å². The Morgan fingerprint density at radius 2 is 1.92 bits per heavy atom. The highest BCUT2D eigenvalue weighted by Gasteiger charge is 2.48. The van der Waals surface area contributed by atoms with Gasteiger partial charge in [0.15, 0.2) is 0 Å². The van der Waals surface area contributed by atoms with Crippen molar-refractivity contribution in [3.63, 3.8) is 0 Å². The Balaban J connectivity index is 2.00. The summed E-state index contributed by atoms with van der Waals surface area (Å²) in [6.45, 7) is 5.85. The van der Waals surface area contributed by atoms with E-state index in [2.05, 4.69) is 13.8 Å². The van der Waals surface area contributed by atoms with Gasteiger partial charge in [-0.25, -0.2) is 0 Å². The van der Waals surface area contributed by atoms with Crippen LogP contribution in [0.25, 0.3) is 0 Å². The molecule has 0 aliphatic heterocycles. The van der Waals surface area contributed by atoms with Gasteiger partial charge in [0.2, 0.25) is 0 Å². The van der Waals surface area contributed by atoms with Crippen LogP contribution in [0.2, 0.25) is 0 Å². The Morgan fingerprint density at radius 1 is 1.17 bits per heavy atom. The first-order valence-electron chi connectivity index (χ1n) is 5.23. The molecule has 2 rings (SSSR count). The molecule has 2 saturated carbocycles. The second-order valence-electron chi connectivity index (χ2n) is 4.83. The fraction of sp³-hybridized carbons (Fsp3) is 1.00. The normalized spacial score (nSPS) is 51.8. The molecule has 0 N–H and O–H groups in total. The second-order valence-corrected chi connectivity index (χ2v) is 4.83. The van der Waals surface area contributed by atoms with E-state index < -0.39 is 0 Å². The zero-order chi connectivity index (χ0) is 8.72. The lowest BCUT2D eigenvalue weighted by Crippen LogP contribution is -2.26. The Kier molecular flexibility index (Phi) is 2.16. The van der Waals surface area contributed by atoms with Crippen molar-refractivity contribution in [1.29, 1.82) is 0 Å².